The lowest BCUT2D eigenvalue weighted by Crippen LogP contribution is -2.14. The molecule has 0 amide bonds. The second-order valence-corrected chi connectivity index (χ2v) is 4.18. The Morgan fingerprint density at radius 1 is 1.23 bits per heavy atom. The maximum absolute atomic E-state index is 5.42. The molecule has 0 unspecified atom stereocenters. The van der Waals surface area contributed by atoms with Gasteiger partial charge in [-0.05, 0) is 6.54 Å². The summed E-state index contributed by atoms with van der Waals surface area (Å²) in [4.78, 5) is 8.64. The van der Waals surface area contributed by atoms with Gasteiger partial charge in [-0.1, -0.05) is 20.8 Å². The quantitative estimate of drug-likeness (QED) is 0.744. The Morgan fingerprint density at radius 2 is 1.92 bits per heavy atom. The molecule has 0 aliphatic heterocycles. The summed E-state index contributed by atoms with van der Waals surface area (Å²) in [5, 5.41) is 0. The van der Waals surface area contributed by atoms with Crippen LogP contribution in [0.2, 0.25) is 0 Å². The average molecular weight is 179 g/mol. The fourth-order valence-corrected chi connectivity index (χ4v) is 1.02. The molecule has 13 heavy (non-hydrogen) atoms. The molecule has 0 aromatic carbocycles. The van der Waals surface area contributed by atoms with Gasteiger partial charge < -0.3 is 5.73 Å². The first-order valence-corrected chi connectivity index (χ1v) is 4.55. The van der Waals surface area contributed by atoms with Crippen molar-refractivity contribution in [1.82, 2.24) is 9.97 Å². The van der Waals surface area contributed by atoms with Gasteiger partial charge in [0.25, 0.3) is 0 Å². The molecular weight excluding hydrogens is 162 g/mol. The predicted molar refractivity (Wildman–Crippen MR) is 53.5 cm³/mol. The van der Waals surface area contributed by atoms with Crippen molar-refractivity contribution in [3.63, 3.8) is 0 Å². The molecule has 0 saturated heterocycles. The summed E-state index contributed by atoms with van der Waals surface area (Å²) >= 11 is 0. The Kier molecular flexibility index (Phi) is 2.98. The Balaban J connectivity index is 2.81. The Hall–Kier alpha value is -0.960. The molecule has 1 aromatic heterocycles. The molecule has 0 fully saturated rings. The van der Waals surface area contributed by atoms with Crippen LogP contribution < -0.4 is 5.73 Å². The molecule has 0 bridgehead atoms. The molecule has 3 heteroatoms. The SMILES string of the molecule is CC(C)(C)c1cnc(CCN)cn1. The molecule has 0 aliphatic carbocycles. The summed E-state index contributed by atoms with van der Waals surface area (Å²) in [6.45, 7) is 7.00. The lowest BCUT2D eigenvalue weighted by molar-refractivity contribution is 0.564. The van der Waals surface area contributed by atoms with E-state index in [1.807, 2.05) is 12.4 Å². The molecule has 1 aromatic rings. The third-order valence-electron chi connectivity index (χ3n) is 1.87. The van der Waals surface area contributed by atoms with E-state index in [0.717, 1.165) is 17.8 Å². The highest BCUT2D eigenvalue weighted by molar-refractivity contribution is 5.10. The van der Waals surface area contributed by atoms with Gasteiger partial charge in [-0.15, -0.1) is 0 Å². The van der Waals surface area contributed by atoms with E-state index in [4.69, 9.17) is 5.73 Å². The molecule has 0 atom stereocenters. The minimum atomic E-state index is 0.0776. The maximum atomic E-state index is 5.42. The summed E-state index contributed by atoms with van der Waals surface area (Å²) < 4.78 is 0. The summed E-state index contributed by atoms with van der Waals surface area (Å²) in [7, 11) is 0. The number of hydrogen-bond donors (Lipinski definition) is 1. The van der Waals surface area contributed by atoms with Crippen molar-refractivity contribution in [2.24, 2.45) is 5.73 Å². The molecule has 0 radical (unpaired) electrons. The van der Waals surface area contributed by atoms with E-state index in [2.05, 4.69) is 30.7 Å². The summed E-state index contributed by atoms with van der Waals surface area (Å²) in [6.07, 6.45) is 4.45. The molecule has 0 aliphatic rings. The van der Waals surface area contributed by atoms with Crippen molar-refractivity contribution < 1.29 is 0 Å². The van der Waals surface area contributed by atoms with Crippen LogP contribution in [0.4, 0.5) is 0 Å². The number of nitrogens with zero attached hydrogens (tertiary/aromatic N) is 2. The van der Waals surface area contributed by atoms with Gasteiger partial charge in [0.15, 0.2) is 0 Å². The van der Waals surface area contributed by atoms with Crippen molar-refractivity contribution in [1.29, 1.82) is 0 Å². The average Bonchev–Trinajstić information content (AvgIpc) is 2.04. The first-order valence-electron chi connectivity index (χ1n) is 4.55. The second-order valence-electron chi connectivity index (χ2n) is 4.18. The molecule has 1 heterocycles. The molecule has 72 valence electrons. The predicted octanol–water partition coefficient (Wildman–Crippen LogP) is 1.28. The summed E-state index contributed by atoms with van der Waals surface area (Å²) in [5.74, 6) is 0. The molecule has 2 N–H and O–H groups in total. The van der Waals surface area contributed by atoms with Crippen molar-refractivity contribution in [3.05, 3.63) is 23.8 Å². The van der Waals surface area contributed by atoms with Gasteiger partial charge in [-0.3, -0.25) is 9.97 Å². The fourth-order valence-electron chi connectivity index (χ4n) is 1.02. The standard InChI is InChI=1S/C10H17N3/c1-10(2,3)9-7-12-8(4-5-11)6-13-9/h6-7H,4-5,11H2,1-3H3. The largest absolute Gasteiger partial charge is 0.330 e. The minimum Gasteiger partial charge on any atom is -0.330 e. The van der Waals surface area contributed by atoms with Gasteiger partial charge in [0.2, 0.25) is 0 Å². The lowest BCUT2D eigenvalue weighted by atomic mass is 9.93. The number of hydrogen-bond acceptors (Lipinski definition) is 3. The zero-order valence-electron chi connectivity index (χ0n) is 8.54. The van der Waals surface area contributed by atoms with Gasteiger partial charge in [0.1, 0.15) is 0 Å². The molecule has 0 spiro atoms. The monoisotopic (exact) mass is 179 g/mol. The van der Waals surface area contributed by atoms with Crippen LogP contribution in [0, 0.1) is 0 Å². The topological polar surface area (TPSA) is 51.8 Å². The van der Waals surface area contributed by atoms with Crippen LogP contribution in [0.1, 0.15) is 32.2 Å². The third-order valence-corrected chi connectivity index (χ3v) is 1.87. The van der Waals surface area contributed by atoms with Crippen LogP contribution in [-0.4, -0.2) is 16.5 Å². The van der Waals surface area contributed by atoms with Gasteiger partial charge in [-0.25, -0.2) is 0 Å². The molecule has 3 nitrogen and oxygen atoms in total. The van der Waals surface area contributed by atoms with Gasteiger partial charge >= 0.3 is 0 Å². The Morgan fingerprint density at radius 3 is 2.31 bits per heavy atom. The van der Waals surface area contributed by atoms with Gasteiger partial charge in [-0.2, -0.15) is 0 Å². The number of aromatic nitrogens is 2. The van der Waals surface area contributed by atoms with E-state index in [9.17, 15) is 0 Å². The van der Waals surface area contributed by atoms with E-state index >= 15 is 0 Å². The molecular formula is C10H17N3. The maximum Gasteiger partial charge on any atom is 0.0640 e. The Labute approximate surface area is 79.4 Å². The van der Waals surface area contributed by atoms with Crippen LogP contribution in [0.3, 0.4) is 0 Å². The van der Waals surface area contributed by atoms with E-state index in [1.165, 1.54) is 0 Å². The van der Waals surface area contributed by atoms with Crippen LogP contribution >= 0.6 is 0 Å². The Bertz CT molecular complexity index is 258. The van der Waals surface area contributed by atoms with E-state index in [1.54, 1.807) is 0 Å². The normalized spacial score (nSPS) is 11.7. The van der Waals surface area contributed by atoms with Crippen LogP contribution in [0.15, 0.2) is 12.4 Å². The lowest BCUT2D eigenvalue weighted by Gasteiger charge is -2.16. The first-order chi connectivity index (χ1) is 6.04. The van der Waals surface area contributed by atoms with Crippen molar-refractivity contribution in [2.75, 3.05) is 6.54 Å². The highest BCUT2D eigenvalue weighted by Crippen LogP contribution is 2.18. The van der Waals surface area contributed by atoms with E-state index < -0.39 is 0 Å². The zero-order valence-corrected chi connectivity index (χ0v) is 8.54. The van der Waals surface area contributed by atoms with Crippen molar-refractivity contribution in [2.45, 2.75) is 32.6 Å². The van der Waals surface area contributed by atoms with Crippen LogP contribution in [0.25, 0.3) is 0 Å². The zero-order chi connectivity index (χ0) is 9.90. The minimum absolute atomic E-state index is 0.0776. The van der Waals surface area contributed by atoms with Gasteiger partial charge in [0.05, 0.1) is 11.4 Å². The van der Waals surface area contributed by atoms with Gasteiger partial charge in [0, 0.05) is 24.2 Å². The smallest absolute Gasteiger partial charge is 0.0640 e. The number of rotatable bonds is 2. The van der Waals surface area contributed by atoms with E-state index in [0.29, 0.717) is 6.54 Å². The highest BCUT2D eigenvalue weighted by atomic mass is 14.8. The number of nitrogens with two attached hydrogens (primary N) is 1. The van der Waals surface area contributed by atoms with Crippen molar-refractivity contribution >= 4 is 0 Å². The fraction of sp³-hybridized carbons (Fsp3) is 0.600. The highest BCUT2D eigenvalue weighted by Gasteiger charge is 2.15. The van der Waals surface area contributed by atoms with Crippen LogP contribution in [-0.2, 0) is 11.8 Å². The van der Waals surface area contributed by atoms with Crippen molar-refractivity contribution in [3.8, 4) is 0 Å². The molecule has 1 rings (SSSR count). The first kappa shape index (κ1) is 10.1. The summed E-state index contributed by atoms with van der Waals surface area (Å²) in [6, 6.07) is 0. The molecule has 0 saturated carbocycles. The summed E-state index contributed by atoms with van der Waals surface area (Å²) in [5.41, 5.74) is 7.48. The third kappa shape index (κ3) is 2.77. The van der Waals surface area contributed by atoms with Crippen LogP contribution in [0.5, 0.6) is 0 Å². The second kappa shape index (κ2) is 3.83. The van der Waals surface area contributed by atoms with E-state index in [-0.39, 0.29) is 5.41 Å².